The van der Waals surface area contributed by atoms with Crippen LogP contribution in [0.3, 0.4) is 0 Å². The van der Waals surface area contributed by atoms with Gasteiger partial charge in [-0.1, -0.05) is 26.0 Å². The first kappa shape index (κ1) is 13.6. The first-order valence-corrected chi connectivity index (χ1v) is 7.53. The topological polar surface area (TPSA) is 54.4 Å². The van der Waals surface area contributed by atoms with Crippen molar-refractivity contribution in [3.8, 4) is 5.75 Å². The van der Waals surface area contributed by atoms with E-state index in [0.29, 0.717) is 5.92 Å². The second-order valence-corrected chi connectivity index (χ2v) is 6.67. The summed E-state index contributed by atoms with van der Waals surface area (Å²) in [4.78, 5) is 0.449. The number of hydrogen-bond donors (Lipinski definition) is 1. The Hall–Kier alpha value is -1.81. The van der Waals surface area contributed by atoms with Crippen LogP contribution in [0, 0.1) is 0 Å². The number of rotatable bonds is 3. The fourth-order valence-corrected chi connectivity index (χ4v) is 3.05. The summed E-state index contributed by atoms with van der Waals surface area (Å²) in [6.45, 7) is 4.12. The average Bonchev–Trinajstić information content (AvgIpc) is 2.39. The Morgan fingerprint density at radius 3 is 1.68 bits per heavy atom. The lowest BCUT2D eigenvalue weighted by molar-refractivity contribution is 0.475. The van der Waals surface area contributed by atoms with Gasteiger partial charge in [0, 0.05) is 0 Å². The minimum atomic E-state index is -3.51. The van der Waals surface area contributed by atoms with Gasteiger partial charge in [0.15, 0.2) is 0 Å². The van der Waals surface area contributed by atoms with Gasteiger partial charge in [-0.05, 0) is 47.9 Å². The molecule has 0 spiro atoms. The third kappa shape index (κ3) is 2.79. The van der Waals surface area contributed by atoms with Crippen LogP contribution >= 0.6 is 0 Å². The lowest BCUT2D eigenvalue weighted by atomic mass is 10.0. The van der Waals surface area contributed by atoms with Crippen LogP contribution in [0.4, 0.5) is 0 Å². The molecule has 0 bridgehead atoms. The van der Waals surface area contributed by atoms with Crippen LogP contribution in [0.1, 0.15) is 25.3 Å². The maximum Gasteiger partial charge on any atom is 0.206 e. The highest BCUT2D eigenvalue weighted by Gasteiger charge is 2.17. The number of phenols is 1. The normalized spacial score (nSPS) is 11.7. The maximum atomic E-state index is 12.3. The van der Waals surface area contributed by atoms with Gasteiger partial charge in [0.05, 0.1) is 9.79 Å². The van der Waals surface area contributed by atoms with Crippen LogP contribution in [-0.4, -0.2) is 13.5 Å². The van der Waals surface area contributed by atoms with E-state index in [0.717, 1.165) is 5.56 Å². The van der Waals surface area contributed by atoms with Crippen LogP contribution < -0.4 is 0 Å². The van der Waals surface area contributed by atoms with Crippen molar-refractivity contribution in [2.45, 2.75) is 29.6 Å². The number of phenolic OH excluding ortho intramolecular Hbond substituents is 1. The third-order valence-corrected chi connectivity index (χ3v) is 4.79. The largest absolute Gasteiger partial charge is 0.508 e. The van der Waals surface area contributed by atoms with Gasteiger partial charge in [0.2, 0.25) is 9.84 Å². The molecule has 0 heterocycles. The predicted molar refractivity (Wildman–Crippen MR) is 74.1 cm³/mol. The Labute approximate surface area is 113 Å². The molecule has 3 nitrogen and oxygen atoms in total. The van der Waals surface area contributed by atoms with Gasteiger partial charge in [0.1, 0.15) is 5.75 Å². The molecule has 0 amide bonds. The second-order valence-electron chi connectivity index (χ2n) is 4.72. The Bertz CT molecular complexity index is 654. The van der Waals surface area contributed by atoms with Crippen LogP contribution in [0.5, 0.6) is 5.75 Å². The smallest absolute Gasteiger partial charge is 0.206 e. The fourth-order valence-electron chi connectivity index (χ4n) is 1.79. The zero-order chi connectivity index (χ0) is 14.0. The van der Waals surface area contributed by atoms with Gasteiger partial charge in [-0.3, -0.25) is 0 Å². The van der Waals surface area contributed by atoms with E-state index in [4.69, 9.17) is 0 Å². The highest BCUT2D eigenvalue weighted by molar-refractivity contribution is 7.91. The summed E-state index contributed by atoms with van der Waals surface area (Å²) in [5, 5.41) is 9.20. The summed E-state index contributed by atoms with van der Waals surface area (Å²) in [5.41, 5.74) is 1.10. The van der Waals surface area contributed by atoms with Crippen LogP contribution in [-0.2, 0) is 9.84 Å². The van der Waals surface area contributed by atoms with Crippen molar-refractivity contribution in [2.75, 3.05) is 0 Å². The molecule has 0 aliphatic rings. The van der Waals surface area contributed by atoms with Gasteiger partial charge in [-0.15, -0.1) is 0 Å². The van der Waals surface area contributed by atoms with Crippen molar-refractivity contribution in [1.82, 2.24) is 0 Å². The molecule has 1 N–H and O–H groups in total. The highest BCUT2D eigenvalue weighted by atomic mass is 32.2. The quantitative estimate of drug-likeness (QED) is 0.935. The molecule has 2 aromatic carbocycles. The molecule has 0 aliphatic heterocycles. The lowest BCUT2D eigenvalue weighted by Gasteiger charge is -2.08. The third-order valence-electron chi connectivity index (χ3n) is 3.00. The number of aromatic hydroxyl groups is 1. The van der Waals surface area contributed by atoms with E-state index in [1.807, 2.05) is 12.1 Å². The van der Waals surface area contributed by atoms with Crippen molar-refractivity contribution < 1.29 is 13.5 Å². The van der Waals surface area contributed by atoms with Crippen LogP contribution in [0.15, 0.2) is 58.3 Å². The van der Waals surface area contributed by atoms with E-state index in [2.05, 4.69) is 13.8 Å². The number of sulfone groups is 1. The molecule has 19 heavy (non-hydrogen) atoms. The van der Waals surface area contributed by atoms with Gasteiger partial charge in [-0.2, -0.15) is 0 Å². The van der Waals surface area contributed by atoms with Crippen molar-refractivity contribution in [3.63, 3.8) is 0 Å². The molecule has 0 aliphatic carbocycles. The molecule has 0 atom stereocenters. The molecule has 0 saturated heterocycles. The molecule has 0 unspecified atom stereocenters. The molecule has 2 aromatic rings. The van der Waals surface area contributed by atoms with Gasteiger partial charge >= 0.3 is 0 Å². The van der Waals surface area contributed by atoms with Crippen molar-refractivity contribution in [2.24, 2.45) is 0 Å². The van der Waals surface area contributed by atoms with E-state index in [1.54, 1.807) is 12.1 Å². The minimum absolute atomic E-state index is 0.0501. The lowest BCUT2D eigenvalue weighted by Crippen LogP contribution is -2.02. The predicted octanol–water partition coefficient (Wildman–Crippen LogP) is 3.35. The van der Waals surface area contributed by atoms with Gasteiger partial charge in [0.25, 0.3) is 0 Å². The molecular weight excluding hydrogens is 260 g/mol. The number of hydrogen-bond acceptors (Lipinski definition) is 3. The summed E-state index contributed by atoms with van der Waals surface area (Å²) in [6, 6.07) is 12.5. The van der Waals surface area contributed by atoms with Crippen molar-refractivity contribution >= 4 is 9.84 Å². The SMILES string of the molecule is CC(C)c1ccc(S(=O)(=O)c2ccc(O)cc2)cc1. The molecule has 0 fully saturated rings. The summed E-state index contributed by atoms with van der Waals surface area (Å²) in [7, 11) is -3.51. The van der Waals surface area contributed by atoms with E-state index in [9.17, 15) is 13.5 Å². The van der Waals surface area contributed by atoms with Crippen LogP contribution in [0.25, 0.3) is 0 Å². The fraction of sp³-hybridized carbons (Fsp3) is 0.200. The zero-order valence-corrected chi connectivity index (χ0v) is 11.7. The average molecular weight is 276 g/mol. The Morgan fingerprint density at radius 1 is 0.842 bits per heavy atom. The Morgan fingerprint density at radius 2 is 1.26 bits per heavy atom. The first-order valence-electron chi connectivity index (χ1n) is 6.05. The zero-order valence-electron chi connectivity index (χ0n) is 10.9. The summed E-state index contributed by atoms with van der Waals surface area (Å²) in [6.07, 6.45) is 0. The molecule has 4 heteroatoms. The molecule has 0 aromatic heterocycles. The van der Waals surface area contributed by atoms with Crippen molar-refractivity contribution in [1.29, 1.82) is 0 Å². The highest BCUT2D eigenvalue weighted by Crippen LogP contribution is 2.24. The molecule has 0 saturated carbocycles. The summed E-state index contributed by atoms with van der Waals surface area (Å²) >= 11 is 0. The minimum Gasteiger partial charge on any atom is -0.508 e. The van der Waals surface area contributed by atoms with Gasteiger partial charge in [-0.25, -0.2) is 8.42 Å². The van der Waals surface area contributed by atoms with Crippen molar-refractivity contribution in [3.05, 3.63) is 54.1 Å². The number of benzene rings is 2. The van der Waals surface area contributed by atoms with E-state index < -0.39 is 9.84 Å². The molecule has 0 radical (unpaired) electrons. The first-order chi connectivity index (χ1) is 8.91. The molecular formula is C15H16O3S. The van der Waals surface area contributed by atoms with Gasteiger partial charge < -0.3 is 5.11 Å². The van der Waals surface area contributed by atoms with E-state index in [-0.39, 0.29) is 15.5 Å². The summed E-state index contributed by atoms with van der Waals surface area (Å²) in [5.74, 6) is 0.416. The second kappa shape index (κ2) is 5.05. The maximum absolute atomic E-state index is 12.3. The Kier molecular flexibility index (Phi) is 3.62. The van der Waals surface area contributed by atoms with E-state index in [1.165, 1.54) is 24.3 Å². The molecule has 100 valence electrons. The standard InChI is InChI=1S/C15H16O3S/c1-11(2)12-3-7-14(8-4-12)19(17,18)15-9-5-13(16)6-10-15/h3-11,16H,1-2H3. The Balaban J connectivity index is 2.42. The van der Waals surface area contributed by atoms with E-state index >= 15 is 0 Å². The van der Waals surface area contributed by atoms with Crippen LogP contribution in [0.2, 0.25) is 0 Å². The monoisotopic (exact) mass is 276 g/mol. The molecule has 2 rings (SSSR count). The summed E-state index contributed by atoms with van der Waals surface area (Å²) < 4.78 is 24.7.